The minimum absolute atomic E-state index is 0.0183. The standard InChI is InChI=1S/C14H19Cl2N3/c1-3-4-5-8-18-14(17)19-10(2)12-7-6-11(15)9-13(12)16/h3-4,6-7,9-10H,5,8H2,1-2H3,(H3,17,18,19)/b4-3+. The van der Waals surface area contributed by atoms with Gasteiger partial charge in [0.25, 0.3) is 0 Å². The molecule has 1 unspecified atom stereocenters. The first kappa shape index (κ1) is 15.9. The predicted octanol–water partition coefficient (Wildman–Crippen LogP) is 3.92. The molecular formula is C14H19Cl2N3. The average molecular weight is 300 g/mol. The highest BCUT2D eigenvalue weighted by atomic mass is 35.5. The van der Waals surface area contributed by atoms with Crippen LogP contribution in [0.4, 0.5) is 0 Å². The number of nitrogens with one attached hydrogen (secondary N) is 1. The fourth-order valence-corrected chi connectivity index (χ4v) is 2.20. The van der Waals surface area contributed by atoms with Gasteiger partial charge in [0.05, 0.1) is 6.04 Å². The summed E-state index contributed by atoms with van der Waals surface area (Å²) in [7, 11) is 0. The number of guanidine groups is 1. The van der Waals surface area contributed by atoms with Gasteiger partial charge in [-0.25, -0.2) is 0 Å². The van der Waals surface area contributed by atoms with Crippen molar-refractivity contribution in [2.45, 2.75) is 26.3 Å². The minimum Gasteiger partial charge on any atom is -0.370 e. The second-order valence-electron chi connectivity index (χ2n) is 4.16. The second-order valence-corrected chi connectivity index (χ2v) is 5.00. The largest absolute Gasteiger partial charge is 0.370 e. The Kier molecular flexibility index (Phi) is 6.74. The van der Waals surface area contributed by atoms with Crippen LogP contribution in [0.1, 0.15) is 31.9 Å². The van der Waals surface area contributed by atoms with Gasteiger partial charge >= 0.3 is 0 Å². The van der Waals surface area contributed by atoms with Crippen LogP contribution < -0.4 is 11.1 Å². The van der Waals surface area contributed by atoms with Crippen molar-refractivity contribution >= 4 is 29.2 Å². The van der Waals surface area contributed by atoms with Crippen LogP contribution in [0.25, 0.3) is 0 Å². The number of aliphatic imine (C=N–C) groups is 1. The maximum atomic E-state index is 6.14. The number of rotatable bonds is 5. The summed E-state index contributed by atoms with van der Waals surface area (Å²) in [5.74, 6) is 0.419. The number of nitrogens with zero attached hydrogens (tertiary/aromatic N) is 1. The lowest BCUT2D eigenvalue weighted by atomic mass is 10.1. The number of hydrogen-bond acceptors (Lipinski definition) is 1. The van der Waals surface area contributed by atoms with E-state index in [2.05, 4.69) is 16.4 Å². The van der Waals surface area contributed by atoms with E-state index in [-0.39, 0.29) is 6.04 Å². The molecule has 1 rings (SSSR count). The molecule has 0 heterocycles. The third-order valence-corrected chi connectivity index (χ3v) is 3.17. The van der Waals surface area contributed by atoms with Gasteiger partial charge in [-0.3, -0.25) is 4.99 Å². The van der Waals surface area contributed by atoms with Crippen molar-refractivity contribution in [1.29, 1.82) is 0 Å². The fraction of sp³-hybridized carbons (Fsp3) is 0.357. The van der Waals surface area contributed by atoms with E-state index in [1.807, 2.05) is 26.0 Å². The summed E-state index contributed by atoms with van der Waals surface area (Å²) >= 11 is 12.0. The molecule has 0 aliphatic carbocycles. The van der Waals surface area contributed by atoms with Gasteiger partial charge in [0, 0.05) is 16.6 Å². The Morgan fingerprint density at radius 3 is 2.84 bits per heavy atom. The highest BCUT2D eigenvalue weighted by Gasteiger charge is 2.10. The molecule has 0 aliphatic rings. The minimum atomic E-state index is -0.0183. The number of allylic oxidation sites excluding steroid dienone is 1. The van der Waals surface area contributed by atoms with E-state index in [4.69, 9.17) is 28.9 Å². The first-order valence-electron chi connectivity index (χ1n) is 6.17. The highest BCUT2D eigenvalue weighted by Crippen LogP contribution is 2.25. The zero-order valence-electron chi connectivity index (χ0n) is 11.2. The van der Waals surface area contributed by atoms with E-state index in [0.29, 0.717) is 22.5 Å². The predicted molar refractivity (Wildman–Crippen MR) is 83.9 cm³/mol. The van der Waals surface area contributed by atoms with Crippen LogP contribution in [0.5, 0.6) is 0 Å². The Morgan fingerprint density at radius 2 is 2.21 bits per heavy atom. The zero-order valence-corrected chi connectivity index (χ0v) is 12.7. The highest BCUT2D eigenvalue weighted by molar-refractivity contribution is 6.35. The summed E-state index contributed by atoms with van der Waals surface area (Å²) in [5, 5.41) is 4.35. The molecule has 0 fully saturated rings. The van der Waals surface area contributed by atoms with Crippen LogP contribution in [0.2, 0.25) is 10.0 Å². The molecule has 0 radical (unpaired) electrons. The summed E-state index contributed by atoms with van der Waals surface area (Å²) in [6, 6.07) is 5.39. The fourth-order valence-electron chi connectivity index (χ4n) is 1.62. The Balaban J connectivity index is 2.60. The van der Waals surface area contributed by atoms with Gasteiger partial charge in [0.2, 0.25) is 0 Å². The SMILES string of the molecule is C/C=C/CCN=C(N)NC(C)c1ccc(Cl)cc1Cl. The topological polar surface area (TPSA) is 50.4 Å². The van der Waals surface area contributed by atoms with E-state index in [1.165, 1.54) is 0 Å². The van der Waals surface area contributed by atoms with Gasteiger partial charge in [0.15, 0.2) is 5.96 Å². The molecule has 0 amide bonds. The van der Waals surface area contributed by atoms with Crippen LogP contribution in [0, 0.1) is 0 Å². The first-order chi connectivity index (χ1) is 9.04. The molecule has 1 atom stereocenters. The number of benzene rings is 1. The summed E-state index contributed by atoms with van der Waals surface area (Å²) < 4.78 is 0. The Morgan fingerprint density at radius 1 is 1.47 bits per heavy atom. The normalized spacial score (nSPS) is 13.8. The van der Waals surface area contributed by atoms with E-state index in [9.17, 15) is 0 Å². The lowest BCUT2D eigenvalue weighted by Crippen LogP contribution is -2.34. The van der Waals surface area contributed by atoms with E-state index >= 15 is 0 Å². The van der Waals surface area contributed by atoms with Crippen molar-refractivity contribution in [3.8, 4) is 0 Å². The summed E-state index contributed by atoms with van der Waals surface area (Å²) in [6.07, 6.45) is 4.93. The summed E-state index contributed by atoms with van der Waals surface area (Å²) in [5.41, 5.74) is 6.76. The Hall–Kier alpha value is -1.19. The van der Waals surface area contributed by atoms with Gasteiger partial charge in [-0.1, -0.05) is 41.4 Å². The van der Waals surface area contributed by atoms with Gasteiger partial charge in [0.1, 0.15) is 0 Å². The molecule has 104 valence electrons. The first-order valence-corrected chi connectivity index (χ1v) is 6.92. The Labute approximate surface area is 124 Å². The quantitative estimate of drug-likeness (QED) is 0.375. The third-order valence-electron chi connectivity index (χ3n) is 2.61. The molecule has 5 heteroatoms. The van der Waals surface area contributed by atoms with Gasteiger partial charge < -0.3 is 11.1 Å². The molecule has 0 aliphatic heterocycles. The van der Waals surface area contributed by atoms with Gasteiger partial charge in [-0.15, -0.1) is 0 Å². The summed E-state index contributed by atoms with van der Waals surface area (Å²) in [4.78, 5) is 4.24. The average Bonchev–Trinajstić information content (AvgIpc) is 2.34. The number of hydrogen-bond donors (Lipinski definition) is 2. The third kappa shape index (κ3) is 5.53. The van der Waals surface area contributed by atoms with Gasteiger partial charge in [-0.2, -0.15) is 0 Å². The van der Waals surface area contributed by atoms with Crippen LogP contribution in [0.15, 0.2) is 35.3 Å². The molecular weight excluding hydrogens is 281 g/mol. The number of nitrogens with two attached hydrogens (primary N) is 1. The van der Waals surface area contributed by atoms with Crippen LogP contribution in [-0.2, 0) is 0 Å². The zero-order chi connectivity index (χ0) is 14.3. The second kappa shape index (κ2) is 8.08. The maximum Gasteiger partial charge on any atom is 0.189 e. The van der Waals surface area contributed by atoms with E-state index < -0.39 is 0 Å². The van der Waals surface area contributed by atoms with E-state index in [0.717, 1.165) is 12.0 Å². The number of halogens is 2. The molecule has 0 saturated carbocycles. The molecule has 0 spiro atoms. The molecule has 3 nitrogen and oxygen atoms in total. The van der Waals surface area contributed by atoms with Crippen molar-refractivity contribution in [2.24, 2.45) is 10.7 Å². The van der Waals surface area contributed by atoms with Crippen molar-refractivity contribution in [3.63, 3.8) is 0 Å². The monoisotopic (exact) mass is 299 g/mol. The molecule has 0 aromatic heterocycles. The van der Waals surface area contributed by atoms with Crippen molar-refractivity contribution in [3.05, 3.63) is 46.0 Å². The molecule has 3 N–H and O–H groups in total. The molecule has 0 saturated heterocycles. The molecule has 0 bridgehead atoms. The lowest BCUT2D eigenvalue weighted by Gasteiger charge is -2.16. The van der Waals surface area contributed by atoms with Crippen LogP contribution in [0.3, 0.4) is 0 Å². The van der Waals surface area contributed by atoms with Crippen LogP contribution in [-0.4, -0.2) is 12.5 Å². The molecule has 19 heavy (non-hydrogen) atoms. The summed E-state index contributed by atoms with van der Waals surface area (Å²) in [6.45, 7) is 4.63. The van der Waals surface area contributed by atoms with Crippen molar-refractivity contribution in [2.75, 3.05) is 6.54 Å². The molecule has 1 aromatic rings. The van der Waals surface area contributed by atoms with Crippen molar-refractivity contribution in [1.82, 2.24) is 5.32 Å². The van der Waals surface area contributed by atoms with Crippen molar-refractivity contribution < 1.29 is 0 Å². The van der Waals surface area contributed by atoms with Gasteiger partial charge in [-0.05, 0) is 38.0 Å². The van der Waals surface area contributed by atoms with Crippen LogP contribution >= 0.6 is 23.2 Å². The lowest BCUT2D eigenvalue weighted by molar-refractivity contribution is 0.708. The smallest absolute Gasteiger partial charge is 0.189 e. The molecule has 1 aromatic carbocycles. The van der Waals surface area contributed by atoms with E-state index in [1.54, 1.807) is 12.1 Å². The Bertz CT molecular complexity index is 470. The maximum absolute atomic E-state index is 6.14.